The van der Waals surface area contributed by atoms with Gasteiger partial charge in [-0.05, 0) is 18.6 Å². The summed E-state index contributed by atoms with van der Waals surface area (Å²) in [5, 5.41) is 8.82. The van der Waals surface area contributed by atoms with Crippen LogP contribution in [0.3, 0.4) is 0 Å². The van der Waals surface area contributed by atoms with Crippen molar-refractivity contribution in [1.82, 2.24) is 19.7 Å². The van der Waals surface area contributed by atoms with Gasteiger partial charge in [-0.1, -0.05) is 6.92 Å². The quantitative estimate of drug-likeness (QED) is 0.855. The van der Waals surface area contributed by atoms with Gasteiger partial charge in [0, 0.05) is 30.4 Å². The van der Waals surface area contributed by atoms with Crippen molar-refractivity contribution in [1.29, 1.82) is 0 Å². The number of hydrogen-bond donors (Lipinski definition) is 1. The van der Waals surface area contributed by atoms with E-state index >= 15 is 0 Å². The number of aromatic nitrogens is 3. The van der Waals surface area contributed by atoms with Crippen LogP contribution in [0.15, 0.2) is 6.33 Å². The molecule has 1 aromatic heterocycles. The average molecular weight is 267 g/mol. The smallest absolute Gasteiger partial charge is 0.147 e. The van der Waals surface area contributed by atoms with E-state index in [1.165, 1.54) is 18.6 Å². The molecular formula is C12H21N5S. The van der Waals surface area contributed by atoms with E-state index < -0.39 is 0 Å². The summed E-state index contributed by atoms with van der Waals surface area (Å²) in [6, 6.07) is 0. The molecular weight excluding hydrogens is 246 g/mol. The zero-order valence-corrected chi connectivity index (χ0v) is 11.7. The molecule has 2 unspecified atom stereocenters. The van der Waals surface area contributed by atoms with Gasteiger partial charge in [0.25, 0.3) is 0 Å². The number of nitrogens with zero attached hydrogens (tertiary/aromatic N) is 4. The number of nitrogens with two attached hydrogens (primary N) is 1. The second-order valence-corrected chi connectivity index (χ2v) is 6.74. The van der Waals surface area contributed by atoms with E-state index in [1.54, 1.807) is 0 Å². The molecule has 1 saturated heterocycles. The standard InChI is InChI=1S/C12H21N5S/c1-10-12(8-13,3-2-6-18-10)17-5-4-16-9-14-15-11(16)7-17/h9-10H,2-8,13H2,1H3. The highest BCUT2D eigenvalue weighted by Gasteiger charge is 2.43. The van der Waals surface area contributed by atoms with Gasteiger partial charge in [0.2, 0.25) is 0 Å². The second-order valence-electron chi connectivity index (χ2n) is 5.29. The third kappa shape index (κ3) is 1.87. The van der Waals surface area contributed by atoms with Crippen LogP contribution in [0.25, 0.3) is 0 Å². The van der Waals surface area contributed by atoms with Crippen molar-refractivity contribution in [3.8, 4) is 0 Å². The molecule has 18 heavy (non-hydrogen) atoms. The van der Waals surface area contributed by atoms with Crippen molar-refractivity contribution in [2.24, 2.45) is 5.73 Å². The van der Waals surface area contributed by atoms with Crippen LogP contribution in [-0.2, 0) is 13.1 Å². The Morgan fingerprint density at radius 3 is 3.22 bits per heavy atom. The molecule has 0 spiro atoms. The fourth-order valence-corrected chi connectivity index (χ4v) is 4.59. The van der Waals surface area contributed by atoms with Gasteiger partial charge in [-0.3, -0.25) is 4.90 Å². The highest BCUT2D eigenvalue weighted by Crippen LogP contribution is 2.39. The fourth-order valence-electron chi connectivity index (χ4n) is 3.26. The fraction of sp³-hybridized carbons (Fsp3) is 0.833. The third-order valence-corrected chi connectivity index (χ3v) is 5.96. The molecule has 0 bridgehead atoms. The minimum Gasteiger partial charge on any atom is -0.329 e. The lowest BCUT2D eigenvalue weighted by Gasteiger charge is -2.50. The zero-order chi connectivity index (χ0) is 12.6. The van der Waals surface area contributed by atoms with Crippen LogP contribution in [0, 0.1) is 0 Å². The molecule has 0 aromatic carbocycles. The number of fused-ring (bicyclic) bond motifs is 1. The number of rotatable bonds is 2. The first-order valence-corrected chi connectivity index (χ1v) is 7.74. The number of hydrogen-bond acceptors (Lipinski definition) is 5. The Morgan fingerprint density at radius 2 is 2.44 bits per heavy atom. The van der Waals surface area contributed by atoms with Gasteiger partial charge in [-0.2, -0.15) is 11.8 Å². The van der Waals surface area contributed by atoms with Crippen molar-refractivity contribution in [3.63, 3.8) is 0 Å². The van der Waals surface area contributed by atoms with Crippen molar-refractivity contribution < 1.29 is 0 Å². The van der Waals surface area contributed by atoms with E-state index in [2.05, 4.69) is 38.3 Å². The van der Waals surface area contributed by atoms with Crippen LogP contribution in [-0.4, -0.2) is 49.3 Å². The maximum absolute atomic E-state index is 6.16. The van der Waals surface area contributed by atoms with Crippen LogP contribution in [0.1, 0.15) is 25.6 Å². The van der Waals surface area contributed by atoms with E-state index in [0.717, 1.165) is 32.0 Å². The molecule has 1 fully saturated rings. The highest BCUT2D eigenvalue weighted by atomic mass is 32.2. The predicted octanol–water partition coefficient (Wildman–Crippen LogP) is 0.707. The summed E-state index contributed by atoms with van der Waals surface area (Å²) in [6.45, 7) is 6.02. The number of thioether (sulfide) groups is 1. The monoisotopic (exact) mass is 267 g/mol. The molecule has 0 amide bonds. The van der Waals surface area contributed by atoms with Gasteiger partial charge in [0.15, 0.2) is 0 Å². The summed E-state index contributed by atoms with van der Waals surface area (Å²) in [5.41, 5.74) is 6.31. The lowest BCUT2D eigenvalue weighted by molar-refractivity contribution is 0.0532. The summed E-state index contributed by atoms with van der Waals surface area (Å²) < 4.78 is 2.15. The lowest BCUT2D eigenvalue weighted by atomic mass is 9.87. The molecule has 0 aliphatic carbocycles. The lowest BCUT2D eigenvalue weighted by Crippen LogP contribution is -2.62. The van der Waals surface area contributed by atoms with Gasteiger partial charge in [0.1, 0.15) is 12.2 Å². The topological polar surface area (TPSA) is 60.0 Å². The first-order chi connectivity index (χ1) is 8.76. The van der Waals surface area contributed by atoms with E-state index in [0.29, 0.717) is 5.25 Å². The minimum atomic E-state index is 0.153. The van der Waals surface area contributed by atoms with Gasteiger partial charge in [-0.25, -0.2) is 0 Å². The van der Waals surface area contributed by atoms with E-state index in [1.807, 2.05) is 6.33 Å². The van der Waals surface area contributed by atoms with Crippen molar-refractivity contribution in [2.45, 2.75) is 43.6 Å². The molecule has 0 radical (unpaired) electrons. The van der Waals surface area contributed by atoms with E-state index in [4.69, 9.17) is 5.73 Å². The molecule has 0 saturated carbocycles. The van der Waals surface area contributed by atoms with Crippen molar-refractivity contribution in [3.05, 3.63) is 12.2 Å². The summed E-state index contributed by atoms with van der Waals surface area (Å²) in [6.07, 6.45) is 4.32. The molecule has 5 nitrogen and oxygen atoms in total. The maximum atomic E-state index is 6.16. The Bertz CT molecular complexity index is 420. The maximum Gasteiger partial charge on any atom is 0.147 e. The summed E-state index contributed by atoms with van der Waals surface area (Å²) >= 11 is 2.06. The zero-order valence-electron chi connectivity index (χ0n) is 10.9. The van der Waals surface area contributed by atoms with Crippen molar-refractivity contribution in [2.75, 3.05) is 18.8 Å². The second kappa shape index (κ2) is 4.83. The van der Waals surface area contributed by atoms with E-state index in [9.17, 15) is 0 Å². The molecule has 3 heterocycles. The predicted molar refractivity (Wildman–Crippen MR) is 73.4 cm³/mol. The third-order valence-electron chi connectivity index (χ3n) is 4.50. The first kappa shape index (κ1) is 12.4. The molecule has 3 rings (SSSR count). The Hall–Kier alpha value is -0.590. The van der Waals surface area contributed by atoms with Crippen LogP contribution in [0.4, 0.5) is 0 Å². The summed E-state index contributed by atoms with van der Waals surface area (Å²) in [5.74, 6) is 2.35. The Labute approximate surface area is 112 Å². The Kier molecular flexibility index (Phi) is 3.34. The van der Waals surface area contributed by atoms with Crippen LogP contribution >= 0.6 is 11.8 Å². The molecule has 100 valence electrons. The summed E-state index contributed by atoms with van der Waals surface area (Å²) in [7, 11) is 0. The van der Waals surface area contributed by atoms with Crippen LogP contribution < -0.4 is 5.73 Å². The molecule has 2 aliphatic rings. The van der Waals surface area contributed by atoms with Crippen LogP contribution in [0.5, 0.6) is 0 Å². The van der Waals surface area contributed by atoms with Gasteiger partial charge < -0.3 is 10.3 Å². The van der Waals surface area contributed by atoms with Gasteiger partial charge >= 0.3 is 0 Å². The molecule has 2 atom stereocenters. The van der Waals surface area contributed by atoms with E-state index in [-0.39, 0.29) is 5.54 Å². The Morgan fingerprint density at radius 1 is 1.56 bits per heavy atom. The average Bonchev–Trinajstić information content (AvgIpc) is 2.87. The molecule has 2 N–H and O–H groups in total. The largest absolute Gasteiger partial charge is 0.329 e. The normalized spacial score (nSPS) is 33.3. The van der Waals surface area contributed by atoms with Gasteiger partial charge in [-0.15, -0.1) is 10.2 Å². The summed E-state index contributed by atoms with van der Waals surface area (Å²) in [4.78, 5) is 2.55. The molecule has 2 aliphatic heterocycles. The van der Waals surface area contributed by atoms with Crippen LogP contribution in [0.2, 0.25) is 0 Å². The highest BCUT2D eigenvalue weighted by molar-refractivity contribution is 8.00. The van der Waals surface area contributed by atoms with Crippen molar-refractivity contribution >= 4 is 11.8 Å². The van der Waals surface area contributed by atoms with Gasteiger partial charge in [0.05, 0.1) is 6.54 Å². The molecule has 1 aromatic rings. The Balaban J connectivity index is 1.85. The molecule has 6 heteroatoms. The minimum absolute atomic E-state index is 0.153. The SMILES string of the molecule is CC1SCCCC1(CN)N1CCn2cnnc2C1. The first-order valence-electron chi connectivity index (χ1n) is 6.70.